The molecule has 0 aliphatic carbocycles. The highest BCUT2D eigenvalue weighted by Gasteiger charge is 2.12. The second-order valence-electron chi connectivity index (χ2n) is 4.77. The maximum absolute atomic E-state index is 4.44. The lowest BCUT2D eigenvalue weighted by Crippen LogP contribution is -1.94. The highest BCUT2D eigenvalue weighted by molar-refractivity contribution is 5.58. The molecule has 5 heteroatoms. The molecule has 3 aromatic rings. The minimum absolute atomic E-state index is 0.722. The molecule has 0 aromatic carbocycles. The van der Waals surface area contributed by atoms with E-state index in [0.29, 0.717) is 0 Å². The molecule has 0 aliphatic heterocycles. The lowest BCUT2D eigenvalue weighted by atomic mass is 10.1. The number of aromatic nitrogens is 5. The van der Waals surface area contributed by atoms with Crippen molar-refractivity contribution in [2.24, 2.45) is 0 Å². The number of H-pyrrole nitrogens is 2. The molecule has 0 unspecified atom stereocenters. The van der Waals surface area contributed by atoms with Crippen LogP contribution in [0.15, 0.2) is 36.8 Å². The molecule has 0 bridgehead atoms. The Morgan fingerprint density at radius 2 is 2.10 bits per heavy atom. The van der Waals surface area contributed by atoms with Crippen LogP contribution in [-0.2, 0) is 12.8 Å². The molecule has 0 aliphatic rings. The zero-order valence-corrected chi connectivity index (χ0v) is 11.4. The fourth-order valence-corrected chi connectivity index (χ4v) is 2.23. The normalized spacial score (nSPS) is 10.8. The van der Waals surface area contributed by atoms with Crippen molar-refractivity contribution in [1.82, 2.24) is 25.1 Å². The van der Waals surface area contributed by atoms with E-state index >= 15 is 0 Å². The summed E-state index contributed by atoms with van der Waals surface area (Å²) >= 11 is 0. The first-order chi connectivity index (χ1) is 9.86. The molecule has 3 heterocycles. The average molecular weight is 267 g/mol. The van der Waals surface area contributed by atoms with Crippen LogP contribution in [0.3, 0.4) is 0 Å². The molecular formula is C15H17N5. The van der Waals surface area contributed by atoms with Crippen LogP contribution in [0.5, 0.6) is 0 Å². The zero-order chi connectivity index (χ0) is 13.8. The van der Waals surface area contributed by atoms with E-state index in [2.05, 4.69) is 32.1 Å². The summed E-state index contributed by atoms with van der Waals surface area (Å²) in [5.74, 6) is 0.869. The van der Waals surface area contributed by atoms with E-state index in [0.717, 1.165) is 47.7 Å². The van der Waals surface area contributed by atoms with Gasteiger partial charge in [-0.3, -0.25) is 10.1 Å². The summed E-state index contributed by atoms with van der Waals surface area (Å²) < 4.78 is 0. The van der Waals surface area contributed by atoms with Crippen LogP contribution in [0.25, 0.3) is 11.4 Å². The van der Waals surface area contributed by atoms with Gasteiger partial charge in [-0.1, -0.05) is 19.4 Å². The van der Waals surface area contributed by atoms with Crippen LogP contribution in [0, 0.1) is 0 Å². The van der Waals surface area contributed by atoms with Crippen molar-refractivity contribution in [3.8, 4) is 11.4 Å². The SMILES string of the molecule is CCCc1cnc(-c2cn[nH]c2Cc2ccccn2)[nH]1. The third kappa shape index (κ3) is 2.61. The summed E-state index contributed by atoms with van der Waals surface area (Å²) in [7, 11) is 0. The highest BCUT2D eigenvalue weighted by atomic mass is 15.1. The monoisotopic (exact) mass is 267 g/mol. The maximum Gasteiger partial charge on any atom is 0.140 e. The van der Waals surface area contributed by atoms with Crippen LogP contribution < -0.4 is 0 Å². The molecule has 3 aromatic heterocycles. The molecule has 102 valence electrons. The third-order valence-corrected chi connectivity index (χ3v) is 3.21. The van der Waals surface area contributed by atoms with E-state index in [1.807, 2.05) is 30.6 Å². The smallest absolute Gasteiger partial charge is 0.140 e. The van der Waals surface area contributed by atoms with Crippen molar-refractivity contribution in [2.75, 3.05) is 0 Å². The minimum atomic E-state index is 0.722. The molecule has 20 heavy (non-hydrogen) atoms. The number of nitrogens with one attached hydrogen (secondary N) is 2. The molecule has 0 saturated heterocycles. The number of hydrogen-bond acceptors (Lipinski definition) is 3. The molecule has 0 saturated carbocycles. The van der Waals surface area contributed by atoms with Gasteiger partial charge in [0.05, 0.1) is 17.5 Å². The number of hydrogen-bond donors (Lipinski definition) is 2. The molecule has 0 radical (unpaired) electrons. The van der Waals surface area contributed by atoms with E-state index in [1.165, 1.54) is 0 Å². The molecule has 0 amide bonds. The summed E-state index contributed by atoms with van der Waals surface area (Å²) in [6.45, 7) is 2.16. The predicted molar refractivity (Wildman–Crippen MR) is 77.2 cm³/mol. The van der Waals surface area contributed by atoms with Crippen molar-refractivity contribution in [3.05, 3.63) is 53.9 Å². The van der Waals surface area contributed by atoms with Crippen LogP contribution in [0.4, 0.5) is 0 Å². The number of rotatable bonds is 5. The average Bonchev–Trinajstić information content (AvgIpc) is 3.09. The molecular weight excluding hydrogens is 250 g/mol. The highest BCUT2D eigenvalue weighted by Crippen LogP contribution is 2.21. The van der Waals surface area contributed by atoms with E-state index < -0.39 is 0 Å². The van der Waals surface area contributed by atoms with Gasteiger partial charge < -0.3 is 4.98 Å². The molecule has 0 spiro atoms. The number of pyridine rings is 1. The van der Waals surface area contributed by atoms with Gasteiger partial charge in [-0.05, 0) is 18.6 Å². The Bertz CT molecular complexity index is 668. The number of aromatic amines is 2. The van der Waals surface area contributed by atoms with Crippen molar-refractivity contribution in [2.45, 2.75) is 26.2 Å². The van der Waals surface area contributed by atoms with Gasteiger partial charge in [-0.15, -0.1) is 0 Å². The van der Waals surface area contributed by atoms with Crippen molar-refractivity contribution >= 4 is 0 Å². The van der Waals surface area contributed by atoms with Gasteiger partial charge in [-0.25, -0.2) is 4.98 Å². The van der Waals surface area contributed by atoms with Crippen LogP contribution in [-0.4, -0.2) is 25.1 Å². The Hall–Kier alpha value is -2.43. The molecule has 5 nitrogen and oxygen atoms in total. The first-order valence-corrected chi connectivity index (χ1v) is 6.83. The number of aryl methyl sites for hydroxylation is 1. The van der Waals surface area contributed by atoms with Crippen molar-refractivity contribution in [3.63, 3.8) is 0 Å². The summed E-state index contributed by atoms with van der Waals surface area (Å²) in [6.07, 6.45) is 8.36. The van der Waals surface area contributed by atoms with Gasteiger partial charge in [0.25, 0.3) is 0 Å². The molecule has 0 fully saturated rings. The van der Waals surface area contributed by atoms with Crippen molar-refractivity contribution < 1.29 is 0 Å². The van der Waals surface area contributed by atoms with E-state index in [9.17, 15) is 0 Å². The van der Waals surface area contributed by atoms with Gasteiger partial charge in [0.1, 0.15) is 5.82 Å². The Labute approximate surface area is 117 Å². The maximum atomic E-state index is 4.44. The molecule has 0 atom stereocenters. The lowest BCUT2D eigenvalue weighted by Gasteiger charge is -2.00. The second-order valence-corrected chi connectivity index (χ2v) is 4.77. The zero-order valence-electron chi connectivity index (χ0n) is 11.4. The van der Waals surface area contributed by atoms with Gasteiger partial charge in [0.15, 0.2) is 0 Å². The summed E-state index contributed by atoms with van der Waals surface area (Å²) in [4.78, 5) is 12.1. The Morgan fingerprint density at radius 3 is 2.90 bits per heavy atom. The van der Waals surface area contributed by atoms with Gasteiger partial charge in [0.2, 0.25) is 0 Å². The van der Waals surface area contributed by atoms with E-state index in [-0.39, 0.29) is 0 Å². The lowest BCUT2D eigenvalue weighted by molar-refractivity contribution is 0.893. The Balaban J connectivity index is 1.85. The summed E-state index contributed by atoms with van der Waals surface area (Å²) in [5, 5.41) is 7.18. The third-order valence-electron chi connectivity index (χ3n) is 3.21. The Kier molecular flexibility index (Phi) is 3.58. The number of nitrogens with zero attached hydrogens (tertiary/aromatic N) is 3. The van der Waals surface area contributed by atoms with Gasteiger partial charge in [-0.2, -0.15) is 5.10 Å². The largest absolute Gasteiger partial charge is 0.342 e. The van der Waals surface area contributed by atoms with Gasteiger partial charge >= 0.3 is 0 Å². The topological polar surface area (TPSA) is 70.2 Å². The predicted octanol–water partition coefficient (Wildman–Crippen LogP) is 2.74. The summed E-state index contributed by atoms with van der Waals surface area (Å²) in [5.41, 5.74) is 4.21. The first kappa shape index (κ1) is 12.6. The standard InChI is InChI=1S/C15H17N5/c1-2-5-12-9-17-15(19-12)13-10-18-20-14(13)8-11-6-3-4-7-16-11/h3-4,6-7,9-10H,2,5,8H2,1H3,(H,17,19)(H,18,20). The molecule has 2 N–H and O–H groups in total. The van der Waals surface area contributed by atoms with E-state index in [1.54, 1.807) is 6.20 Å². The molecule has 3 rings (SSSR count). The second kappa shape index (κ2) is 5.69. The summed E-state index contributed by atoms with van der Waals surface area (Å²) in [6, 6.07) is 5.92. The minimum Gasteiger partial charge on any atom is -0.342 e. The first-order valence-electron chi connectivity index (χ1n) is 6.83. The fraction of sp³-hybridized carbons (Fsp3) is 0.267. The van der Waals surface area contributed by atoms with Gasteiger partial charge in [0, 0.05) is 30.2 Å². The van der Waals surface area contributed by atoms with Crippen LogP contribution in [0.1, 0.15) is 30.4 Å². The van der Waals surface area contributed by atoms with Crippen LogP contribution >= 0.6 is 0 Å². The van der Waals surface area contributed by atoms with Crippen molar-refractivity contribution in [1.29, 1.82) is 0 Å². The fourth-order valence-electron chi connectivity index (χ4n) is 2.23. The van der Waals surface area contributed by atoms with E-state index in [4.69, 9.17) is 0 Å². The number of imidazole rings is 1. The quantitative estimate of drug-likeness (QED) is 0.746. The Morgan fingerprint density at radius 1 is 1.15 bits per heavy atom. The van der Waals surface area contributed by atoms with Crippen LogP contribution in [0.2, 0.25) is 0 Å².